The van der Waals surface area contributed by atoms with Crippen molar-refractivity contribution in [2.75, 3.05) is 6.61 Å². The van der Waals surface area contributed by atoms with Crippen LogP contribution >= 0.6 is 0 Å². The number of terminal acetylenes is 2. The van der Waals surface area contributed by atoms with Gasteiger partial charge < -0.3 is 9.84 Å². The normalized spacial score (nSPS) is 35.8. The van der Waals surface area contributed by atoms with Gasteiger partial charge in [0.2, 0.25) is 0 Å². The molecule has 2 heteroatoms. The molecule has 0 amide bonds. The van der Waals surface area contributed by atoms with E-state index in [9.17, 15) is 5.11 Å². The van der Waals surface area contributed by atoms with Crippen LogP contribution in [0.5, 0.6) is 5.75 Å². The van der Waals surface area contributed by atoms with Gasteiger partial charge >= 0.3 is 0 Å². The number of rotatable bonds is 5. The van der Waals surface area contributed by atoms with E-state index >= 15 is 0 Å². The third-order valence-electron chi connectivity index (χ3n) is 8.07. The van der Waals surface area contributed by atoms with Crippen molar-refractivity contribution < 1.29 is 9.84 Å². The van der Waals surface area contributed by atoms with E-state index in [0.717, 1.165) is 63.7 Å². The fraction of sp³-hybridized carbons (Fsp3) is 0.615. The van der Waals surface area contributed by atoms with Crippen molar-refractivity contribution in [1.29, 1.82) is 0 Å². The van der Waals surface area contributed by atoms with E-state index in [4.69, 9.17) is 17.6 Å². The van der Waals surface area contributed by atoms with Gasteiger partial charge in [-0.2, -0.15) is 0 Å². The van der Waals surface area contributed by atoms with E-state index < -0.39 is 5.60 Å². The SMILES string of the molecule is C#CCCCCOc1ccc2c(c1)CC[C@@H]1[C@@H]2CC[C@@]2(C)[C@H]1CC[C@@]2(O)C#C. The molecule has 0 radical (unpaired) electrons. The van der Waals surface area contributed by atoms with Gasteiger partial charge in [-0.15, -0.1) is 18.8 Å². The highest BCUT2D eigenvalue weighted by molar-refractivity contribution is 5.41. The summed E-state index contributed by atoms with van der Waals surface area (Å²) in [6, 6.07) is 6.70. The van der Waals surface area contributed by atoms with Gasteiger partial charge in [0.15, 0.2) is 0 Å². The van der Waals surface area contributed by atoms with Gasteiger partial charge in [0.1, 0.15) is 11.4 Å². The fourth-order valence-corrected chi connectivity index (χ4v) is 6.42. The maximum absolute atomic E-state index is 11.0. The number of unbranched alkanes of at least 4 members (excludes halogenated alkanes) is 2. The first-order chi connectivity index (χ1) is 13.5. The van der Waals surface area contributed by atoms with Crippen molar-refractivity contribution in [3.63, 3.8) is 0 Å². The second-order valence-electron chi connectivity index (χ2n) is 9.29. The van der Waals surface area contributed by atoms with Crippen molar-refractivity contribution >= 4 is 0 Å². The standard InChI is InChI=1S/C26H32O2/c1-4-6-7-8-17-28-20-10-12-21-19(18-20)9-11-23-22(21)13-15-25(3)24(23)14-16-26(25,27)5-2/h1-2,10,12,18,22-24,27H,6-9,11,13-17H2,3H3/t22-,23-,24+,25+,26+/m1/s1. The lowest BCUT2D eigenvalue weighted by atomic mass is 9.53. The topological polar surface area (TPSA) is 29.5 Å². The summed E-state index contributed by atoms with van der Waals surface area (Å²) in [6.45, 7) is 2.98. The highest BCUT2D eigenvalue weighted by Crippen LogP contribution is 2.64. The maximum Gasteiger partial charge on any atom is 0.130 e. The van der Waals surface area contributed by atoms with Gasteiger partial charge in [-0.25, -0.2) is 0 Å². The Kier molecular flexibility index (Phi) is 5.20. The second-order valence-corrected chi connectivity index (χ2v) is 9.29. The number of aryl methyl sites for hydroxylation is 1. The van der Waals surface area contributed by atoms with Crippen molar-refractivity contribution in [3.8, 4) is 30.4 Å². The Morgan fingerprint density at radius 1 is 1.18 bits per heavy atom. The highest BCUT2D eigenvalue weighted by Gasteiger charge is 2.61. The first-order valence-electron chi connectivity index (χ1n) is 10.9. The van der Waals surface area contributed by atoms with Gasteiger partial charge in [0.25, 0.3) is 0 Å². The third kappa shape index (κ3) is 3.03. The van der Waals surface area contributed by atoms with Gasteiger partial charge in [-0.05, 0) is 92.4 Å². The van der Waals surface area contributed by atoms with Crippen molar-refractivity contribution in [2.45, 2.75) is 76.2 Å². The molecule has 1 N–H and O–H groups in total. The molecule has 2 saturated carbocycles. The number of aliphatic hydroxyl groups is 1. The van der Waals surface area contributed by atoms with E-state index in [-0.39, 0.29) is 5.41 Å². The van der Waals surface area contributed by atoms with Crippen LogP contribution in [0.3, 0.4) is 0 Å². The van der Waals surface area contributed by atoms with Crippen LogP contribution in [-0.4, -0.2) is 17.3 Å². The van der Waals surface area contributed by atoms with Crippen molar-refractivity contribution in [1.82, 2.24) is 0 Å². The lowest BCUT2D eigenvalue weighted by Crippen LogP contribution is -2.50. The quantitative estimate of drug-likeness (QED) is 0.573. The Labute approximate surface area is 170 Å². The molecule has 3 aliphatic carbocycles. The Morgan fingerprint density at radius 3 is 2.82 bits per heavy atom. The lowest BCUT2D eigenvalue weighted by molar-refractivity contribution is -0.0646. The summed E-state index contributed by atoms with van der Waals surface area (Å²) >= 11 is 0. The summed E-state index contributed by atoms with van der Waals surface area (Å²) in [5.74, 6) is 8.21. The summed E-state index contributed by atoms with van der Waals surface area (Å²) in [4.78, 5) is 0. The van der Waals surface area contributed by atoms with Crippen LogP contribution in [-0.2, 0) is 6.42 Å². The highest BCUT2D eigenvalue weighted by atomic mass is 16.5. The molecule has 28 heavy (non-hydrogen) atoms. The molecular formula is C26H32O2. The molecular weight excluding hydrogens is 344 g/mol. The zero-order valence-electron chi connectivity index (χ0n) is 17.0. The largest absolute Gasteiger partial charge is 0.494 e. The molecule has 0 unspecified atom stereocenters. The molecule has 0 bridgehead atoms. The monoisotopic (exact) mass is 376 g/mol. The minimum absolute atomic E-state index is 0.123. The average molecular weight is 377 g/mol. The van der Waals surface area contributed by atoms with Crippen LogP contribution in [0, 0.1) is 41.9 Å². The molecule has 3 aliphatic rings. The third-order valence-corrected chi connectivity index (χ3v) is 8.07. The van der Waals surface area contributed by atoms with Crippen molar-refractivity contribution in [3.05, 3.63) is 29.3 Å². The summed E-state index contributed by atoms with van der Waals surface area (Å²) in [5, 5.41) is 11.0. The molecule has 5 atom stereocenters. The molecule has 0 aliphatic heterocycles. The average Bonchev–Trinajstić information content (AvgIpc) is 2.99. The summed E-state index contributed by atoms with van der Waals surface area (Å²) in [7, 11) is 0. The Balaban J connectivity index is 1.48. The minimum atomic E-state index is -0.917. The van der Waals surface area contributed by atoms with E-state index in [1.807, 2.05) is 0 Å². The maximum atomic E-state index is 11.0. The molecule has 0 saturated heterocycles. The van der Waals surface area contributed by atoms with Crippen LogP contribution in [0.4, 0.5) is 0 Å². The van der Waals surface area contributed by atoms with Gasteiger partial charge in [0, 0.05) is 11.8 Å². The van der Waals surface area contributed by atoms with Crippen LogP contribution < -0.4 is 4.74 Å². The lowest BCUT2D eigenvalue weighted by Gasteiger charge is -2.52. The summed E-state index contributed by atoms with van der Waals surface area (Å²) in [6.07, 6.45) is 20.2. The zero-order valence-corrected chi connectivity index (χ0v) is 17.0. The Bertz CT molecular complexity index is 813. The molecule has 0 aromatic heterocycles. The Morgan fingerprint density at radius 2 is 2.04 bits per heavy atom. The number of benzene rings is 1. The van der Waals surface area contributed by atoms with E-state index in [0.29, 0.717) is 17.8 Å². The van der Waals surface area contributed by atoms with Crippen LogP contribution in [0.15, 0.2) is 18.2 Å². The number of ether oxygens (including phenoxy) is 1. The number of hydrogen-bond donors (Lipinski definition) is 1. The van der Waals surface area contributed by atoms with Gasteiger partial charge in [0.05, 0.1) is 6.61 Å². The number of fused-ring (bicyclic) bond motifs is 5. The first kappa shape index (κ1) is 19.4. The summed E-state index contributed by atoms with van der Waals surface area (Å²) in [5.41, 5.74) is 1.92. The molecule has 0 heterocycles. The molecule has 1 aromatic rings. The molecule has 1 aromatic carbocycles. The predicted molar refractivity (Wildman–Crippen MR) is 113 cm³/mol. The van der Waals surface area contributed by atoms with Gasteiger partial charge in [-0.3, -0.25) is 0 Å². The molecule has 148 valence electrons. The predicted octanol–water partition coefficient (Wildman–Crippen LogP) is 5.09. The van der Waals surface area contributed by atoms with Crippen molar-refractivity contribution in [2.24, 2.45) is 17.3 Å². The van der Waals surface area contributed by atoms with Crippen LogP contribution in [0.25, 0.3) is 0 Å². The second kappa shape index (κ2) is 7.50. The molecule has 2 fully saturated rings. The smallest absolute Gasteiger partial charge is 0.130 e. The van der Waals surface area contributed by atoms with E-state index in [1.165, 1.54) is 17.5 Å². The minimum Gasteiger partial charge on any atom is -0.494 e. The molecule has 4 rings (SSSR count). The summed E-state index contributed by atoms with van der Waals surface area (Å²) < 4.78 is 5.96. The van der Waals surface area contributed by atoms with E-state index in [2.05, 4.69) is 37.0 Å². The first-order valence-corrected chi connectivity index (χ1v) is 10.9. The van der Waals surface area contributed by atoms with Gasteiger partial charge in [-0.1, -0.05) is 18.9 Å². The molecule has 0 spiro atoms. The van der Waals surface area contributed by atoms with Crippen LogP contribution in [0.2, 0.25) is 0 Å². The fourth-order valence-electron chi connectivity index (χ4n) is 6.42. The number of hydrogen-bond acceptors (Lipinski definition) is 2. The zero-order chi connectivity index (χ0) is 19.8. The van der Waals surface area contributed by atoms with Crippen LogP contribution in [0.1, 0.15) is 75.3 Å². The molecule has 2 nitrogen and oxygen atoms in total. The Hall–Kier alpha value is -1.90. The van der Waals surface area contributed by atoms with E-state index in [1.54, 1.807) is 0 Å².